The summed E-state index contributed by atoms with van der Waals surface area (Å²) >= 11 is 0. The van der Waals surface area contributed by atoms with E-state index < -0.39 is 11.7 Å². The van der Waals surface area contributed by atoms with Gasteiger partial charge in [-0.2, -0.15) is 0 Å². The molecule has 7 nitrogen and oxygen atoms in total. The Bertz CT molecular complexity index is 377. The number of likely N-dealkylation sites (N-methyl/N-ethyl adjacent to an activating group) is 1. The molecule has 0 heterocycles. The number of hydrogen-bond donors (Lipinski definition) is 2. The third-order valence-corrected chi connectivity index (χ3v) is 2.45. The molecule has 0 spiro atoms. The maximum absolute atomic E-state index is 11.8. The van der Waals surface area contributed by atoms with Crippen LogP contribution in [0.2, 0.25) is 0 Å². The van der Waals surface area contributed by atoms with Crippen molar-refractivity contribution < 1.29 is 19.1 Å². The highest BCUT2D eigenvalue weighted by Crippen LogP contribution is 2.06. The third kappa shape index (κ3) is 10.6. The van der Waals surface area contributed by atoms with E-state index in [9.17, 15) is 14.4 Å². The number of amides is 3. The first kappa shape index (κ1) is 19.2. The summed E-state index contributed by atoms with van der Waals surface area (Å²) in [6, 6.07) is -0.227. The zero-order valence-corrected chi connectivity index (χ0v) is 13.8. The summed E-state index contributed by atoms with van der Waals surface area (Å²) in [4.78, 5) is 35.6. The molecular formula is C14H27N3O4. The number of nitrogens with one attached hydrogen (secondary N) is 2. The van der Waals surface area contributed by atoms with Crippen LogP contribution in [0.5, 0.6) is 0 Å². The summed E-state index contributed by atoms with van der Waals surface area (Å²) in [6.45, 7) is 9.24. The van der Waals surface area contributed by atoms with E-state index in [1.165, 1.54) is 11.8 Å². The van der Waals surface area contributed by atoms with E-state index in [0.29, 0.717) is 13.1 Å². The molecule has 3 amide bonds. The Morgan fingerprint density at radius 3 is 2.29 bits per heavy atom. The van der Waals surface area contributed by atoms with Crippen LogP contribution in [0.1, 0.15) is 41.0 Å². The Balaban J connectivity index is 4.08. The number of carbonyl (C=O) groups excluding carboxylic acids is 3. The van der Waals surface area contributed by atoms with Gasteiger partial charge in [0.15, 0.2) is 0 Å². The average Bonchev–Trinajstić information content (AvgIpc) is 2.24. The van der Waals surface area contributed by atoms with Crippen LogP contribution in [-0.2, 0) is 14.3 Å². The van der Waals surface area contributed by atoms with Crippen LogP contribution in [0.25, 0.3) is 0 Å². The molecule has 0 radical (unpaired) electrons. The minimum atomic E-state index is -0.552. The maximum atomic E-state index is 11.8. The van der Waals surface area contributed by atoms with Gasteiger partial charge in [-0.3, -0.25) is 9.59 Å². The SMILES string of the molecule is CC(=O)NCCC(=O)N(C)CC(C)NC(=O)OC(C)(C)C. The predicted octanol–water partition coefficient (Wildman–Crippen LogP) is 0.884. The zero-order valence-electron chi connectivity index (χ0n) is 13.8. The molecule has 122 valence electrons. The Morgan fingerprint density at radius 2 is 1.81 bits per heavy atom. The zero-order chi connectivity index (χ0) is 16.6. The number of hydrogen-bond acceptors (Lipinski definition) is 4. The summed E-state index contributed by atoms with van der Waals surface area (Å²) in [7, 11) is 1.66. The molecule has 21 heavy (non-hydrogen) atoms. The minimum absolute atomic E-state index is 0.0958. The first-order chi connectivity index (χ1) is 9.51. The lowest BCUT2D eigenvalue weighted by Gasteiger charge is -2.25. The standard InChI is InChI=1S/C14H27N3O4/c1-10(16-13(20)21-14(3,4)5)9-17(6)12(19)7-8-15-11(2)18/h10H,7-9H2,1-6H3,(H,15,18)(H,16,20). The highest BCUT2D eigenvalue weighted by Gasteiger charge is 2.19. The van der Waals surface area contributed by atoms with Gasteiger partial charge in [0.2, 0.25) is 11.8 Å². The highest BCUT2D eigenvalue weighted by atomic mass is 16.6. The summed E-state index contributed by atoms with van der Waals surface area (Å²) in [5, 5.41) is 5.24. The Kier molecular flexibility index (Phi) is 7.76. The molecule has 0 aromatic rings. The van der Waals surface area contributed by atoms with Gasteiger partial charge in [-0.25, -0.2) is 4.79 Å². The van der Waals surface area contributed by atoms with Gasteiger partial charge in [0.1, 0.15) is 5.60 Å². The van der Waals surface area contributed by atoms with E-state index in [1.54, 1.807) is 34.7 Å². The minimum Gasteiger partial charge on any atom is -0.444 e. The smallest absolute Gasteiger partial charge is 0.407 e. The van der Waals surface area contributed by atoms with Crippen LogP contribution in [0.4, 0.5) is 4.79 Å². The molecule has 0 aliphatic heterocycles. The first-order valence-corrected chi connectivity index (χ1v) is 6.99. The van der Waals surface area contributed by atoms with Gasteiger partial charge < -0.3 is 20.3 Å². The predicted molar refractivity (Wildman–Crippen MR) is 79.8 cm³/mol. The number of alkyl carbamates (subject to hydrolysis) is 1. The summed E-state index contributed by atoms with van der Waals surface area (Å²) in [5.74, 6) is -0.257. The molecule has 0 aliphatic rings. The molecule has 0 bridgehead atoms. The maximum Gasteiger partial charge on any atom is 0.407 e. The van der Waals surface area contributed by atoms with Crippen molar-refractivity contribution in [3.63, 3.8) is 0 Å². The van der Waals surface area contributed by atoms with Crippen LogP contribution >= 0.6 is 0 Å². The molecule has 0 fully saturated rings. The van der Waals surface area contributed by atoms with E-state index >= 15 is 0 Å². The fourth-order valence-electron chi connectivity index (χ4n) is 1.60. The highest BCUT2D eigenvalue weighted by molar-refractivity contribution is 5.78. The van der Waals surface area contributed by atoms with Crippen molar-refractivity contribution >= 4 is 17.9 Å². The lowest BCUT2D eigenvalue weighted by Crippen LogP contribution is -2.44. The van der Waals surface area contributed by atoms with Crippen molar-refractivity contribution in [3.8, 4) is 0 Å². The molecule has 0 saturated carbocycles. The van der Waals surface area contributed by atoms with Crippen LogP contribution in [0, 0.1) is 0 Å². The van der Waals surface area contributed by atoms with Gasteiger partial charge in [0.25, 0.3) is 0 Å². The van der Waals surface area contributed by atoms with Crippen molar-refractivity contribution in [3.05, 3.63) is 0 Å². The quantitative estimate of drug-likeness (QED) is 0.762. The largest absolute Gasteiger partial charge is 0.444 e. The van der Waals surface area contributed by atoms with Crippen molar-refractivity contribution in [2.45, 2.75) is 52.7 Å². The van der Waals surface area contributed by atoms with Gasteiger partial charge in [0, 0.05) is 39.5 Å². The van der Waals surface area contributed by atoms with Gasteiger partial charge in [-0.15, -0.1) is 0 Å². The van der Waals surface area contributed by atoms with Crippen molar-refractivity contribution in [1.82, 2.24) is 15.5 Å². The second-order valence-corrected chi connectivity index (χ2v) is 6.05. The van der Waals surface area contributed by atoms with Crippen molar-refractivity contribution in [2.75, 3.05) is 20.1 Å². The van der Waals surface area contributed by atoms with E-state index in [-0.39, 0.29) is 24.3 Å². The molecule has 0 aliphatic carbocycles. The molecule has 0 aromatic heterocycles. The van der Waals surface area contributed by atoms with Gasteiger partial charge in [0.05, 0.1) is 0 Å². The van der Waals surface area contributed by atoms with Crippen LogP contribution in [0.3, 0.4) is 0 Å². The second kappa shape index (κ2) is 8.49. The van der Waals surface area contributed by atoms with Crippen molar-refractivity contribution in [2.24, 2.45) is 0 Å². The van der Waals surface area contributed by atoms with E-state index in [0.717, 1.165) is 0 Å². The van der Waals surface area contributed by atoms with Crippen molar-refractivity contribution in [1.29, 1.82) is 0 Å². The van der Waals surface area contributed by atoms with Gasteiger partial charge >= 0.3 is 6.09 Å². The normalized spacial score (nSPS) is 12.3. The topological polar surface area (TPSA) is 87.7 Å². The van der Waals surface area contributed by atoms with Crippen LogP contribution in [-0.4, -0.2) is 54.6 Å². The molecule has 0 rings (SSSR count). The van der Waals surface area contributed by atoms with E-state index in [2.05, 4.69) is 10.6 Å². The first-order valence-electron chi connectivity index (χ1n) is 6.99. The number of rotatable bonds is 6. The number of nitrogens with zero attached hydrogens (tertiary/aromatic N) is 1. The fraction of sp³-hybridized carbons (Fsp3) is 0.786. The molecule has 0 saturated heterocycles. The monoisotopic (exact) mass is 301 g/mol. The second-order valence-electron chi connectivity index (χ2n) is 6.05. The Morgan fingerprint density at radius 1 is 1.24 bits per heavy atom. The molecule has 7 heteroatoms. The molecule has 1 atom stereocenters. The summed E-state index contributed by atoms with van der Waals surface area (Å²) < 4.78 is 5.14. The lowest BCUT2D eigenvalue weighted by atomic mass is 10.2. The van der Waals surface area contributed by atoms with Gasteiger partial charge in [-0.1, -0.05) is 0 Å². The summed E-state index contributed by atoms with van der Waals surface area (Å²) in [6.07, 6.45) is -0.274. The van der Waals surface area contributed by atoms with Crippen LogP contribution in [0.15, 0.2) is 0 Å². The fourth-order valence-corrected chi connectivity index (χ4v) is 1.60. The lowest BCUT2D eigenvalue weighted by molar-refractivity contribution is -0.130. The number of carbonyl (C=O) groups is 3. The molecule has 0 aromatic carbocycles. The number of ether oxygens (including phenoxy) is 1. The van der Waals surface area contributed by atoms with E-state index in [4.69, 9.17) is 4.74 Å². The average molecular weight is 301 g/mol. The Labute approximate surface area is 126 Å². The third-order valence-electron chi connectivity index (χ3n) is 2.45. The Hall–Kier alpha value is -1.79. The molecule has 1 unspecified atom stereocenters. The van der Waals surface area contributed by atoms with Gasteiger partial charge in [-0.05, 0) is 27.7 Å². The van der Waals surface area contributed by atoms with Crippen LogP contribution < -0.4 is 10.6 Å². The molecular weight excluding hydrogens is 274 g/mol. The summed E-state index contributed by atoms with van der Waals surface area (Å²) in [5.41, 5.74) is -0.552. The molecule has 2 N–H and O–H groups in total. The van der Waals surface area contributed by atoms with E-state index in [1.807, 2.05) is 0 Å².